The summed E-state index contributed by atoms with van der Waals surface area (Å²) in [6, 6.07) is 6.43. The van der Waals surface area contributed by atoms with E-state index in [0.29, 0.717) is 24.4 Å². The summed E-state index contributed by atoms with van der Waals surface area (Å²) in [6.07, 6.45) is 15.0. The smallest absolute Gasteiger partial charge is 0.244 e. The summed E-state index contributed by atoms with van der Waals surface area (Å²) in [7, 11) is 0. The van der Waals surface area contributed by atoms with E-state index in [1.807, 2.05) is 24.5 Å². The van der Waals surface area contributed by atoms with Crippen molar-refractivity contribution in [3.63, 3.8) is 0 Å². The first-order valence-corrected chi connectivity index (χ1v) is 11.5. The van der Waals surface area contributed by atoms with Crippen LogP contribution in [0.2, 0.25) is 0 Å². The molecule has 0 bridgehead atoms. The molecule has 3 aromatic heterocycles. The molecule has 7 rings (SSSR count). The summed E-state index contributed by atoms with van der Waals surface area (Å²) in [5.41, 5.74) is 4.11. The van der Waals surface area contributed by atoms with Crippen molar-refractivity contribution >= 4 is 17.1 Å². The summed E-state index contributed by atoms with van der Waals surface area (Å²) in [5.74, 6) is -0.683. The minimum atomic E-state index is -0.553. The highest BCUT2D eigenvalue weighted by Gasteiger charge is 2.50. The molecule has 1 spiro atoms. The average molecular weight is 431 g/mol. The molecule has 0 aromatic carbocycles. The third-order valence-electron chi connectivity index (χ3n) is 6.95. The maximum atomic E-state index is 12.5. The van der Waals surface area contributed by atoms with Gasteiger partial charge in [0.1, 0.15) is 5.92 Å². The van der Waals surface area contributed by atoms with Gasteiger partial charge in [0, 0.05) is 41.7 Å². The van der Waals surface area contributed by atoms with Crippen LogP contribution in [0.15, 0.2) is 36.9 Å². The Morgan fingerprint density at radius 1 is 1.12 bits per heavy atom. The quantitative estimate of drug-likeness (QED) is 0.634. The second-order valence-corrected chi connectivity index (χ2v) is 9.56. The average Bonchev–Trinajstić information content (AvgIpc) is 3.29. The van der Waals surface area contributed by atoms with Crippen LogP contribution in [-0.2, 0) is 9.53 Å². The molecule has 3 aromatic rings. The first kappa shape index (κ1) is 19.5. The third kappa shape index (κ3) is 3.28. The zero-order chi connectivity index (χ0) is 21.7. The topological polar surface area (TPSA) is 88.4 Å². The van der Waals surface area contributed by atoms with Crippen LogP contribution in [0.25, 0.3) is 16.6 Å². The molecule has 0 radical (unpaired) electrons. The molecule has 164 valence electrons. The molecular formula is C24H26N6O2. The molecule has 1 amide bonds. The lowest BCUT2D eigenvalue weighted by molar-refractivity contribution is -0.175. The van der Waals surface area contributed by atoms with E-state index in [-0.39, 0.29) is 5.91 Å². The predicted octanol–water partition coefficient (Wildman–Crippen LogP) is 3.60. The molecule has 0 N–H and O–H groups in total. The number of amides is 1. The van der Waals surface area contributed by atoms with Crippen LogP contribution in [0, 0.1) is 22.7 Å². The van der Waals surface area contributed by atoms with E-state index in [1.54, 1.807) is 15.6 Å². The van der Waals surface area contributed by atoms with Crippen molar-refractivity contribution in [1.82, 2.24) is 19.4 Å². The third-order valence-corrected chi connectivity index (χ3v) is 6.95. The molecule has 2 saturated heterocycles. The molecule has 4 aliphatic rings. The van der Waals surface area contributed by atoms with Crippen LogP contribution >= 0.6 is 0 Å². The van der Waals surface area contributed by atoms with Crippen LogP contribution < -0.4 is 4.90 Å². The summed E-state index contributed by atoms with van der Waals surface area (Å²) in [4.78, 5) is 14.2. The molecule has 4 fully saturated rings. The fourth-order valence-corrected chi connectivity index (χ4v) is 4.87. The van der Waals surface area contributed by atoms with Gasteiger partial charge in [0.25, 0.3) is 0 Å². The Morgan fingerprint density at radius 3 is 2.59 bits per heavy atom. The molecule has 5 heterocycles. The fraction of sp³-hybridized carbons (Fsp3) is 0.500. The van der Waals surface area contributed by atoms with Crippen LogP contribution in [0.4, 0.5) is 5.69 Å². The number of hydrogen-bond donors (Lipinski definition) is 0. The van der Waals surface area contributed by atoms with E-state index in [4.69, 9.17) is 10.00 Å². The van der Waals surface area contributed by atoms with Gasteiger partial charge < -0.3 is 9.64 Å². The van der Waals surface area contributed by atoms with Gasteiger partial charge in [-0.1, -0.05) is 19.3 Å². The number of hydrogen-bond acceptors (Lipinski definition) is 5. The number of anilines is 1. The lowest BCUT2D eigenvalue weighted by atomic mass is 9.64. The van der Waals surface area contributed by atoms with Crippen molar-refractivity contribution in [1.29, 1.82) is 5.26 Å². The molecular weight excluding hydrogens is 404 g/mol. The first-order valence-electron chi connectivity index (χ1n) is 11.5. The fourth-order valence-electron chi connectivity index (χ4n) is 4.87. The van der Waals surface area contributed by atoms with Crippen LogP contribution in [0.3, 0.4) is 0 Å². The van der Waals surface area contributed by atoms with E-state index in [0.717, 1.165) is 48.4 Å². The number of nitriles is 1. The minimum Gasteiger partial charge on any atom is -0.380 e. The van der Waals surface area contributed by atoms with Crippen LogP contribution in [0.5, 0.6) is 0 Å². The summed E-state index contributed by atoms with van der Waals surface area (Å²) in [6.45, 7) is 2.33. The van der Waals surface area contributed by atoms with E-state index >= 15 is 0 Å². The van der Waals surface area contributed by atoms with Crippen molar-refractivity contribution in [3.8, 4) is 17.2 Å². The van der Waals surface area contributed by atoms with E-state index < -0.39 is 5.92 Å². The second-order valence-electron chi connectivity index (χ2n) is 9.56. The van der Waals surface area contributed by atoms with Crippen molar-refractivity contribution < 1.29 is 9.53 Å². The molecule has 2 saturated carbocycles. The lowest BCUT2D eigenvalue weighted by Gasteiger charge is -2.53. The summed E-state index contributed by atoms with van der Waals surface area (Å²) < 4.78 is 9.22. The largest absolute Gasteiger partial charge is 0.380 e. The number of carbonyl (C=O) groups is 1. The first-order chi connectivity index (χ1) is 15.7. The number of carbonyl (C=O) groups excluding carboxylic acids is 1. The maximum Gasteiger partial charge on any atom is 0.244 e. The lowest BCUT2D eigenvalue weighted by Crippen LogP contribution is -2.52. The Hall–Kier alpha value is -3.18. The second kappa shape index (κ2) is 7.45. The van der Waals surface area contributed by atoms with Crippen LogP contribution in [0.1, 0.15) is 44.6 Å². The number of ether oxygens (including phenoxy) is 1. The maximum absolute atomic E-state index is 12.5. The number of rotatable bonds is 3. The van der Waals surface area contributed by atoms with Crippen molar-refractivity contribution in [3.05, 3.63) is 36.9 Å². The standard InChI is InChI=1S/C21H20N6O2.C3H6/c22-8-14-2-4-25(20(14)28)18-1-3-23-27-10-15(5-19(18)27)16-9-24-26(11-16)17-6-21(7-17)12-29-13-21;1-2-3-1/h1,3,5,9-11,14,17H,2,4,6-7,12-13H2;1-3H2. The van der Waals surface area contributed by atoms with Gasteiger partial charge in [-0.15, -0.1) is 0 Å². The highest BCUT2D eigenvalue weighted by atomic mass is 16.5. The Morgan fingerprint density at radius 2 is 1.94 bits per heavy atom. The number of fused-ring (bicyclic) bond motifs is 1. The Kier molecular flexibility index (Phi) is 4.54. The van der Waals surface area contributed by atoms with Gasteiger partial charge in [-0.25, -0.2) is 4.52 Å². The molecule has 2 aliphatic heterocycles. The zero-order valence-electron chi connectivity index (χ0n) is 18.0. The van der Waals surface area contributed by atoms with Crippen molar-refractivity contribution in [2.24, 2.45) is 11.3 Å². The molecule has 32 heavy (non-hydrogen) atoms. The molecule has 8 nitrogen and oxygen atoms in total. The van der Waals surface area contributed by atoms with Gasteiger partial charge in [-0.3, -0.25) is 9.48 Å². The van der Waals surface area contributed by atoms with Gasteiger partial charge >= 0.3 is 0 Å². The normalized spacial score (nSPS) is 23.4. The van der Waals surface area contributed by atoms with Gasteiger partial charge in [0.15, 0.2) is 0 Å². The summed E-state index contributed by atoms with van der Waals surface area (Å²) in [5, 5.41) is 18.2. The van der Waals surface area contributed by atoms with Gasteiger partial charge in [0.2, 0.25) is 5.91 Å². The van der Waals surface area contributed by atoms with Crippen LogP contribution in [-0.4, -0.2) is 45.1 Å². The Bertz CT molecular complexity index is 1200. The predicted molar refractivity (Wildman–Crippen MR) is 118 cm³/mol. The number of nitrogens with zero attached hydrogens (tertiary/aromatic N) is 6. The van der Waals surface area contributed by atoms with E-state index in [1.165, 1.54) is 19.3 Å². The van der Waals surface area contributed by atoms with Gasteiger partial charge in [-0.05, 0) is 31.4 Å². The monoisotopic (exact) mass is 430 g/mol. The van der Waals surface area contributed by atoms with Gasteiger partial charge in [-0.2, -0.15) is 15.5 Å². The number of aromatic nitrogens is 4. The molecule has 1 atom stereocenters. The van der Waals surface area contributed by atoms with E-state index in [9.17, 15) is 4.79 Å². The molecule has 2 aliphatic carbocycles. The molecule has 1 unspecified atom stereocenters. The van der Waals surface area contributed by atoms with Gasteiger partial charge in [0.05, 0.1) is 42.7 Å². The minimum absolute atomic E-state index is 0.130. The highest BCUT2D eigenvalue weighted by Crippen LogP contribution is 2.52. The van der Waals surface area contributed by atoms with Crippen molar-refractivity contribution in [2.45, 2.75) is 44.6 Å². The summed E-state index contributed by atoms with van der Waals surface area (Å²) >= 11 is 0. The molecule has 8 heteroatoms. The Balaban J connectivity index is 0.000000605. The Labute approximate surface area is 186 Å². The van der Waals surface area contributed by atoms with E-state index in [2.05, 4.69) is 27.1 Å². The SMILES string of the molecule is C1CC1.N#CC1CCN(c2ccnn3cc(-c4cnn(C5CC6(COC6)C5)c4)cc23)C1=O. The van der Waals surface area contributed by atoms with Crippen molar-refractivity contribution in [2.75, 3.05) is 24.7 Å². The zero-order valence-corrected chi connectivity index (χ0v) is 18.0. The highest BCUT2D eigenvalue weighted by molar-refractivity contribution is 6.02.